The number of benzene rings is 2. The Hall–Kier alpha value is -2.85. The van der Waals surface area contributed by atoms with E-state index in [1.54, 1.807) is 36.3 Å². The lowest BCUT2D eigenvalue weighted by atomic mass is 9.67. The van der Waals surface area contributed by atoms with Gasteiger partial charge in [0.2, 0.25) is 0 Å². The Bertz CT molecular complexity index is 1550. The van der Waals surface area contributed by atoms with E-state index in [1.807, 2.05) is 18.2 Å². The minimum atomic E-state index is -0.925. The third kappa shape index (κ3) is 6.75. The molecular formula is C36H42ClN3O5S. The van der Waals surface area contributed by atoms with Crippen molar-refractivity contribution in [2.45, 2.75) is 80.8 Å². The van der Waals surface area contributed by atoms with Gasteiger partial charge in [-0.05, 0) is 105 Å². The molecule has 2 aromatic carbocycles. The van der Waals surface area contributed by atoms with E-state index in [4.69, 9.17) is 25.8 Å². The van der Waals surface area contributed by atoms with Gasteiger partial charge in [0.25, 0.3) is 0 Å². The van der Waals surface area contributed by atoms with Crippen LogP contribution in [0.4, 0.5) is 5.69 Å². The fraction of sp³-hybridized carbons (Fsp3) is 0.528. The van der Waals surface area contributed by atoms with Crippen molar-refractivity contribution in [2.24, 2.45) is 11.8 Å². The van der Waals surface area contributed by atoms with Crippen LogP contribution in [0.1, 0.15) is 66.9 Å². The van der Waals surface area contributed by atoms with Crippen molar-refractivity contribution in [1.82, 2.24) is 9.97 Å². The zero-order chi connectivity index (χ0) is 31.7. The van der Waals surface area contributed by atoms with Crippen LogP contribution in [-0.2, 0) is 21.3 Å². The number of anilines is 1. The quantitative estimate of drug-likeness (QED) is 0.191. The molecule has 0 amide bonds. The topological polar surface area (TPSA) is 94.0 Å². The Morgan fingerprint density at radius 1 is 1.20 bits per heavy atom. The van der Waals surface area contributed by atoms with Crippen LogP contribution in [0.15, 0.2) is 60.0 Å². The van der Waals surface area contributed by atoms with Gasteiger partial charge in [-0.25, -0.2) is 14.8 Å². The highest BCUT2D eigenvalue weighted by Gasteiger charge is 2.45. The molecule has 8 nitrogen and oxygen atoms in total. The molecule has 7 rings (SSSR count). The third-order valence-electron chi connectivity index (χ3n) is 10.4. The summed E-state index contributed by atoms with van der Waals surface area (Å²) in [6.45, 7) is 5.01. The molecule has 4 aliphatic rings. The molecule has 1 aromatic heterocycles. The number of halogens is 1. The number of aromatic nitrogens is 2. The molecule has 10 heteroatoms. The van der Waals surface area contributed by atoms with Crippen LogP contribution in [-0.4, -0.2) is 71.4 Å². The number of thioether (sulfide) groups is 1. The Morgan fingerprint density at radius 2 is 2.07 bits per heavy atom. The summed E-state index contributed by atoms with van der Waals surface area (Å²) >= 11 is 8.05. The molecular weight excluding hydrogens is 622 g/mol. The van der Waals surface area contributed by atoms with Crippen molar-refractivity contribution in [3.8, 4) is 5.75 Å². The van der Waals surface area contributed by atoms with Gasteiger partial charge in [-0.15, -0.1) is 0 Å². The molecule has 2 aliphatic heterocycles. The number of carboxylic acids is 1. The monoisotopic (exact) mass is 663 g/mol. The fourth-order valence-corrected chi connectivity index (χ4v) is 8.91. The summed E-state index contributed by atoms with van der Waals surface area (Å²) in [5, 5.41) is 11.4. The van der Waals surface area contributed by atoms with E-state index < -0.39 is 5.97 Å². The molecule has 6 atom stereocenters. The van der Waals surface area contributed by atoms with Gasteiger partial charge in [0, 0.05) is 54.7 Å². The van der Waals surface area contributed by atoms with Gasteiger partial charge in [-0.2, -0.15) is 0 Å². The van der Waals surface area contributed by atoms with E-state index in [9.17, 15) is 9.90 Å². The van der Waals surface area contributed by atoms with Gasteiger partial charge in [-0.1, -0.05) is 29.4 Å². The van der Waals surface area contributed by atoms with E-state index in [2.05, 4.69) is 33.9 Å². The SMILES string of the molecule is C[C@@H](CSc1ncccn1)O[C@H]1CCO[C@@H]([C@@H]2CC[C@H]2CN2CC3(CCCc4cc(Cl)ccc43)COc3ccc(C(=O)O)cc32)C1. The van der Waals surface area contributed by atoms with Gasteiger partial charge in [-0.3, -0.25) is 0 Å². The van der Waals surface area contributed by atoms with Gasteiger partial charge < -0.3 is 24.2 Å². The van der Waals surface area contributed by atoms with Gasteiger partial charge in [0.05, 0.1) is 36.2 Å². The number of aromatic carboxylic acids is 1. The summed E-state index contributed by atoms with van der Waals surface area (Å²) in [4.78, 5) is 23.1. The maximum Gasteiger partial charge on any atom is 0.335 e. The van der Waals surface area contributed by atoms with Crippen LogP contribution in [0.2, 0.25) is 5.02 Å². The number of ether oxygens (including phenoxy) is 3. The van der Waals surface area contributed by atoms with Crippen molar-refractivity contribution >= 4 is 35.0 Å². The molecule has 0 radical (unpaired) electrons. The second-order valence-electron chi connectivity index (χ2n) is 13.4. The van der Waals surface area contributed by atoms with Crippen LogP contribution in [0, 0.1) is 11.8 Å². The van der Waals surface area contributed by atoms with E-state index in [-0.39, 0.29) is 29.3 Å². The average Bonchev–Trinajstić information content (AvgIpc) is 3.19. The molecule has 3 aromatic rings. The zero-order valence-electron chi connectivity index (χ0n) is 26.3. The molecule has 1 spiro atoms. The second kappa shape index (κ2) is 13.7. The predicted molar refractivity (Wildman–Crippen MR) is 179 cm³/mol. The van der Waals surface area contributed by atoms with Crippen molar-refractivity contribution < 1.29 is 24.1 Å². The first-order valence-electron chi connectivity index (χ1n) is 16.6. The number of fused-ring (bicyclic) bond motifs is 3. The zero-order valence-corrected chi connectivity index (χ0v) is 27.8. The normalized spacial score (nSPS) is 27.9. The Balaban J connectivity index is 1.07. The first kappa shape index (κ1) is 31.7. The smallest absolute Gasteiger partial charge is 0.335 e. The van der Waals surface area contributed by atoms with Crippen LogP contribution >= 0.6 is 23.4 Å². The van der Waals surface area contributed by atoms with Crippen LogP contribution in [0.3, 0.4) is 0 Å². The number of nitrogens with zero attached hydrogens (tertiary/aromatic N) is 3. The summed E-state index contributed by atoms with van der Waals surface area (Å²) in [6.07, 6.45) is 11.1. The van der Waals surface area contributed by atoms with Gasteiger partial charge in [0.1, 0.15) is 5.75 Å². The van der Waals surface area contributed by atoms with E-state index in [0.717, 1.165) is 85.4 Å². The molecule has 244 valence electrons. The van der Waals surface area contributed by atoms with Crippen LogP contribution in [0.25, 0.3) is 0 Å². The lowest BCUT2D eigenvalue weighted by Crippen LogP contribution is -2.51. The largest absolute Gasteiger partial charge is 0.490 e. The average molecular weight is 664 g/mol. The van der Waals surface area contributed by atoms with E-state index in [0.29, 0.717) is 25.0 Å². The van der Waals surface area contributed by atoms with Crippen LogP contribution < -0.4 is 9.64 Å². The number of aryl methyl sites for hydroxylation is 1. The molecule has 0 bridgehead atoms. The summed E-state index contributed by atoms with van der Waals surface area (Å²) in [5.41, 5.74) is 3.57. The fourth-order valence-electron chi connectivity index (χ4n) is 7.98. The van der Waals surface area contributed by atoms with Gasteiger partial charge in [0.15, 0.2) is 5.16 Å². The highest BCUT2D eigenvalue weighted by molar-refractivity contribution is 7.99. The molecule has 2 aliphatic carbocycles. The minimum absolute atomic E-state index is 0.0937. The number of hydrogen-bond acceptors (Lipinski definition) is 8. The standard InChI is InChI=1S/C36H42ClN3O5S/c1-23(20-46-35-38-13-3-14-39-35)45-28-11-15-43-33(18-28)29-8-5-26(29)19-40-21-36(12-2-4-24-16-27(37)7-9-30(24)36)22-44-32-10-6-25(34(41)42)17-31(32)40/h3,6-7,9-10,13-14,16-17,23,26,28-29,33H,2,4-5,8,11-12,15,18-22H2,1H3,(H,41,42)/t23-,26-,28-,29+,33+,36?/m0/s1. The molecule has 46 heavy (non-hydrogen) atoms. The lowest BCUT2D eigenvalue weighted by molar-refractivity contribution is -0.126. The van der Waals surface area contributed by atoms with E-state index >= 15 is 0 Å². The van der Waals surface area contributed by atoms with Crippen molar-refractivity contribution in [1.29, 1.82) is 0 Å². The number of rotatable bonds is 9. The minimum Gasteiger partial charge on any atom is -0.490 e. The van der Waals surface area contributed by atoms with Crippen molar-refractivity contribution in [2.75, 3.05) is 37.0 Å². The van der Waals surface area contributed by atoms with Crippen molar-refractivity contribution in [3.05, 3.63) is 76.6 Å². The summed E-state index contributed by atoms with van der Waals surface area (Å²) in [7, 11) is 0. The maximum atomic E-state index is 12.0. The Morgan fingerprint density at radius 3 is 2.87 bits per heavy atom. The highest BCUT2D eigenvalue weighted by Crippen LogP contribution is 2.47. The molecule has 2 fully saturated rings. The third-order valence-corrected chi connectivity index (χ3v) is 11.7. The maximum absolute atomic E-state index is 12.0. The van der Waals surface area contributed by atoms with Crippen LogP contribution in [0.5, 0.6) is 5.75 Å². The molecule has 1 unspecified atom stereocenters. The predicted octanol–water partition coefficient (Wildman–Crippen LogP) is 7.07. The first-order valence-corrected chi connectivity index (χ1v) is 17.9. The molecule has 3 heterocycles. The lowest BCUT2D eigenvalue weighted by Gasteiger charge is -2.48. The summed E-state index contributed by atoms with van der Waals surface area (Å²) in [5.74, 6) is 1.53. The number of hydrogen-bond donors (Lipinski definition) is 1. The summed E-state index contributed by atoms with van der Waals surface area (Å²) in [6, 6.07) is 13.4. The second-order valence-corrected chi connectivity index (χ2v) is 14.9. The Labute approximate surface area is 280 Å². The molecule has 1 saturated heterocycles. The Kier molecular flexibility index (Phi) is 9.46. The van der Waals surface area contributed by atoms with Crippen molar-refractivity contribution in [3.63, 3.8) is 0 Å². The number of carbonyl (C=O) groups is 1. The first-order chi connectivity index (χ1) is 22.4. The van der Waals surface area contributed by atoms with E-state index in [1.165, 1.54) is 11.1 Å². The molecule has 1 N–H and O–H groups in total. The number of carboxylic acid groups (broad SMARTS) is 1. The summed E-state index contributed by atoms with van der Waals surface area (Å²) < 4.78 is 19.5. The molecule has 1 saturated carbocycles. The highest BCUT2D eigenvalue weighted by atomic mass is 35.5. The van der Waals surface area contributed by atoms with Gasteiger partial charge >= 0.3 is 5.97 Å².